The Morgan fingerprint density at radius 2 is 1.78 bits per heavy atom. The molecule has 5 unspecified atom stereocenters. The second-order valence-electron chi connectivity index (χ2n) is 14.3. The number of nitrogens with zero attached hydrogens (tertiary/aromatic N) is 1. The number of alkyl halides is 3. The molecular weight excluding hydrogens is 631 g/mol. The average molecular weight is 680 g/mol. The fourth-order valence-electron chi connectivity index (χ4n) is 7.94. The number of fused-ring (bicyclic) bond motifs is 8. The maximum Gasteiger partial charge on any atom is 0.416 e. The second kappa shape index (κ2) is 15.3. The second-order valence-corrected chi connectivity index (χ2v) is 14.3. The van der Waals surface area contributed by atoms with E-state index >= 15 is 0 Å². The lowest BCUT2D eigenvalue weighted by Crippen LogP contribution is -2.53. The number of ketones is 1. The van der Waals surface area contributed by atoms with Gasteiger partial charge in [-0.3, -0.25) is 9.69 Å². The molecule has 0 spiro atoms. The molecule has 2 bridgehead atoms. The first kappa shape index (κ1) is 36.9. The van der Waals surface area contributed by atoms with Gasteiger partial charge in [0.2, 0.25) is 0 Å². The molecule has 3 aromatic rings. The largest absolute Gasteiger partial charge is 0.416 e. The molecule has 0 aromatic heterocycles. The number of halogens is 3. The zero-order valence-electron chi connectivity index (χ0n) is 28.3. The Bertz CT molecular complexity index is 1630. The van der Waals surface area contributed by atoms with E-state index in [4.69, 9.17) is 0 Å². The first-order valence-electron chi connectivity index (χ1n) is 17.2. The summed E-state index contributed by atoms with van der Waals surface area (Å²) in [6, 6.07) is 19.6. The minimum absolute atomic E-state index is 0.0737. The van der Waals surface area contributed by atoms with Crippen molar-refractivity contribution in [3.8, 4) is 0 Å². The molecule has 3 aromatic carbocycles. The van der Waals surface area contributed by atoms with E-state index in [0.717, 1.165) is 23.3 Å². The van der Waals surface area contributed by atoms with E-state index < -0.39 is 47.4 Å². The van der Waals surface area contributed by atoms with E-state index in [1.807, 2.05) is 61.2 Å². The molecule has 1 fully saturated rings. The van der Waals surface area contributed by atoms with Crippen LogP contribution in [0.25, 0.3) is 0 Å². The van der Waals surface area contributed by atoms with E-state index in [-0.39, 0.29) is 30.1 Å². The van der Waals surface area contributed by atoms with Crippen molar-refractivity contribution in [1.82, 2.24) is 4.90 Å². The SMILES string of the molecule is CC1=CCCC2(C)C(CCC2(O)CN(Cc2ccccc2)CC(O)CO)c2ccc(cc2C(=O)c2cccc(C(F)(F)F)c2)CC(O)CC1. The molecule has 0 amide bonds. The first-order valence-corrected chi connectivity index (χ1v) is 17.2. The molecule has 9 heteroatoms. The fraction of sp³-hybridized carbons (Fsp3) is 0.475. The molecule has 0 heterocycles. The molecule has 49 heavy (non-hydrogen) atoms. The smallest absolute Gasteiger partial charge is 0.394 e. The van der Waals surface area contributed by atoms with Gasteiger partial charge in [0.05, 0.1) is 30.0 Å². The normalized spacial score (nSPS) is 25.5. The summed E-state index contributed by atoms with van der Waals surface area (Å²) in [6.45, 7) is 4.45. The number of carbonyl (C=O) groups is 1. The first-order chi connectivity index (χ1) is 23.2. The number of benzene rings is 3. The average Bonchev–Trinajstić information content (AvgIpc) is 3.32. The van der Waals surface area contributed by atoms with Gasteiger partial charge in [0.15, 0.2) is 5.78 Å². The van der Waals surface area contributed by atoms with E-state index in [0.29, 0.717) is 62.6 Å². The van der Waals surface area contributed by atoms with Crippen molar-refractivity contribution >= 4 is 5.78 Å². The molecule has 4 N–H and O–H groups in total. The highest BCUT2D eigenvalue weighted by atomic mass is 19.4. The van der Waals surface area contributed by atoms with Gasteiger partial charge in [-0.1, -0.05) is 73.2 Å². The molecule has 6 nitrogen and oxygen atoms in total. The Balaban J connectivity index is 1.60. The van der Waals surface area contributed by atoms with Crippen LogP contribution < -0.4 is 0 Å². The van der Waals surface area contributed by atoms with Crippen LogP contribution in [0, 0.1) is 5.41 Å². The van der Waals surface area contributed by atoms with Crippen molar-refractivity contribution in [2.45, 2.75) is 95.2 Å². The Morgan fingerprint density at radius 1 is 1.02 bits per heavy atom. The van der Waals surface area contributed by atoms with E-state index in [1.165, 1.54) is 12.1 Å². The zero-order chi connectivity index (χ0) is 35.4. The van der Waals surface area contributed by atoms with Crippen LogP contribution in [0.2, 0.25) is 0 Å². The molecule has 0 radical (unpaired) electrons. The summed E-state index contributed by atoms with van der Waals surface area (Å²) in [6.07, 6.45) is -0.490. The lowest BCUT2D eigenvalue weighted by molar-refractivity contribution is -0.137. The van der Waals surface area contributed by atoms with Gasteiger partial charge < -0.3 is 20.4 Å². The lowest BCUT2D eigenvalue weighted by Gasteiger charge is -2.46. The molecule has 1 saturated carbocycles. The lowest BCUT2D eigenvalue weighted by atomic mass is 9.64. The minimum atomic E-state index is -4.61. The number of aliphatic hydroxyl groups excluding tert-OH is 3. The molecule has 3 aliphatic carbocycles. The maximum atomic E-state index is 14.2. The van der Waals surface area contributed by atoms with Gasteiger partial charge in [-0.05, 0) is 92.7 Å². The molecule has 0 aliphatic heterocycles. The summed E-state index contributed by atoms with van der Waals surface area (Å²) in [5.74, 6) is -0.853. The fourth-order valence-corrected chi connectivity index (χ4v) is 7.94. The van der Waals surface area contributed by atoms with Crippen molar-refractivity contribution in [2.75, 3.05) is 19.7 Å². The van der Waals surface area contributed by atoms with Crippen molar-refractivity contribution in [3.63, 3.8) is 0 Å². The summed E-state index contributed by atoms with van der Waals surface area (Å²) in [7, 11) is 0. The number of carbonyl (C=O) groups excluding carboxylic acids is 1. The van der Waals surface area contributed by atoms with Gasteiger partial charge in [0.25, 0.3) is 0 Å². The standard InChI is InChI=1S/C40H48F3NO5/c1-27-8-7-18-38(2)36(17-19-39(38,49)26-44(24-33(47)25-45)23-28-9-4-3-5-10-28)34-16-14-29(20-32(46)15-13-27)21-35(34)37(48)30-11-6-12-31(22-30)40(41,42)43/h3-6,8-12,14,16,21-22,32-33,36,45-47,49H,7,13,15,17-20,23-26H2,1-2H3. The number of aliphatic hydroxyl groups is 4. The Morgan fingerprint density at radius 3 is 2.49 bits per heavy atom. The summed E-state index contributed by atoms with van der Waals surface area (Å²) in [5, 5.41) is 43.8. The van der Waals surface area contributed by atoms with E-state index in [2.05, 4.69) is 6.08 Å². The molecular formula is C40H48F3NO5. The number of rotatable bonds is 9. The number of hydrogen-bond donors (Lipinski definition) is 4. The van der Waals surface area contributed by atoms with Gasteiger partial charge in [-0.2, -0.15) is 13.2 Å². The summed E-state index contributed by atoms with van der Waals surface area (Å²) < 4.78 is 41.0. The Kier molecular flexibility index (Phi) is 11.5. The summed E-state index contributed by atoms with van der Waals surface area (Å²) >= 11 is 0. The monoisotopic (exact) mass is 679 g/mol. The van der Waals surface area contributed by atoms with Crippen molar-refractivity contribution in [2.24, 2.45) is 5.41 Å². The summed E-state index contributed by atoms with van der Waals surface area (Å²) in [5.41, 5.74) is 0.771. The predicted octanol–water partition coefficient (Wildman–Crippen LogP) is 6.83. The van der Waals surface area contributed by atoms with E-state index in [9.17, 15) is 38.4 Å². The zero-order valence-corrected chi connectivity index (χ0v) is 28.3. The minimum Gasteiger partial charge on any atom is -0.394 e. The topological polar surface area (TPSA) is 101 Å². The molecule has 6 rings (SSSR count). The van der Waals surface area contributed by atoms with Crippen LogP contribution in [0.3, 0.4) is 0 Å². The molecule has 264 valence electrons. The molecule has 0 saturated heterocycles. The molecule has 3 aliphatic rings. The van der Waals surface area contributed by atoms with Crippen molar-refractivity contribution in [1.29, 1.82) is 0 Å². The van der Waals surface area contributed by atoms with E-state index in [1.54, 1.807) is 6.07 Å². The van der Waals surface area contributed by atoms with Crippen LogP contribution >= 0.6 is 0 Å². The third kappa shape index (κ3) is 8.52. The van der Waals surface area contributed by atoms with Gasteiger partial charge >= 0.3 is 6.18 Å². The molecule has 5 atom stereocenters. The summed E-state index contributed by atoms with van der Waals surface area (Å²) in [4.78, 5) is 16.2. The van der Waals surface area contributed by atoms with Crippen molar-refractivity contribution < 1.29 is 38.4 Å². The van der Waals surface area contributed by atoms with Crippen LogP contribution in [-0.4, -0.2) is 68.6 Å². The Hall–Kier alpha value is -3.34. The third-order valence-corrected chi connectivity index (χ3v) is 10.8. The Labute approximate surface area is 286 Å². The third-order valence-electron chi connectivity index (χ3n) is 10.8. The highest BCUT2D eigenvalue weighted by Crippen LogP contribution is 2.59. The van der Waals surface area contributed by atoms with Gasteiger partial charge in [0.1, 0.15) is 0 Å². The predicted molar refractivity (Wildman–Crippen MR) is 183 cm³/mol. The van der Waals surface area contributed by atoms with Gasteiger partial charge in [0, 0.05) is 36.2 Å². The van der Waals surface area contributed by atoms with Crippen LogP contribution in [0.5, 0.6) is 0 Å². The van der Waals surface area contributed by atoms with Crippen LogP contribution in [0.15, 0.2) is 84.4 Å². The van der Waals surface area contributed by atoms with Crippen LogP contribution in [0.1, 0.15) is 96.5 Å². The number of allylic oxidation sites excluding steroid dienone is 2. The van der Waals surface area contributed by atoms with Gasteiger partial charge in [-0.15, -0.1) is 0 Å². The van der Waals surface area contributed by atoms with Crippen LogP contribution in [-0.2, 0) is 19.1 Å². The number of hydrogen-bond acceptors (Lipinski definition) is 6. The van der Waals surface area contributed by atoms with Crippen molar-refractivity contribution in [3.05, 3.63) is 118 Å². The highest BCUT2D eigenvalue weighted by Gasteiger charge is 2.57. The van der Waals surface area contributed by atoms with Gasteiger partial charge in [-0.25, -0.2) is 0 Å². The maximum absolute atomic E-state index is 14.2. The quantitative estimate of drug-likeness (QED) is 0.146. The van der Waals surface area contributed by atoms with Crippen LogP contribution in [0.4, 0.5) is 13.2 Å². The highest BCUT2D eigenvalue weighted by molar-refractivity contribution is 6.10.